The van der Waals surface area contributed by atoms with Gasteiger partial charge in [-0.2, -0.15) is 0 Å². The number of carbonyl (C=O) groups excluding carboxylic acids is 2. The van der Waals surface area contributed by atoms with E-state index in [0.29, 0.717) is 19.0 Å². The first-order valence-corrected chi connectivity index (χ1v) is 7.86. The minimum atomic E-state index is -0.244. The zero-order valence-corrected chi connectivity index (χ0v) is 13.0. The van der Waals surface area contributed by atoms with Crippen molar-refractivity contribution < 1.29 is 9.59 Å². The van der Waals surface area contributed by atoms with Crippen LogP contribution in [0, 0.1) is 0 Å². The van der Waals surface area contributed by atoms with Gasteiger partial charge in [-0.1, -0.05) is 19.8 Å². The van der Waals surface area contributed by atoms with Gasteiger partial charge in [-0.15, -0.1) is 0 Å². The van der Waals surface area contributed by atoms with Crippen LogP contribution in [0.25, 0.3) is 0 Å². The van der Waals surface area contributed by atoms with Gasteiger partial charge in [-0.25, -0.2) is 0 Å². The summed E-state index contributed by atoms with van der Waals surface area (Å²) < 4.78 is 0. The van der Waals surface area contributed by atoms with E-state index in [2.05, 4.69) is 16.0 Å². The van der Waals surface area contributed by atoms with Crippen LogP contribution in [0.2, 0.25) is 0 Å². The zero-order chi connectivity index (χ0) is 15.0. The number of hydrogen-bond acceptors (Lipinski definition) is 3. The van der Waals surface area contributed by atoms with Crippen LogP contribution in [0.15, 0.2) is 0 Å². The summed E-state index contributed by atoms with van der Waals surface area (Å²) in [5.41, 5.74) is 0. The summed E-state index contributed by atoms with van der Waals surface area (Å²) in [6.45, 7) is 6.40. The Hall–Kier alpha value is -1.10. The van der Waals surface area contributed by atoms with Gasteiger partial charge in [0.25, 0.3) is 0 Å². The van der Waals surface area contributed by atoms with Crippen LogP contribution in [0.4, 0.5) is 0 Å². The van der Waals surface area contributed by atoms with E-state index >= 15 is 0 Å². The van der Waals surface area contributed by atoms with Crippen molar-refractivity contribution in [3.05, 3.63) is 0 Å². The molecule has 1 aliphatic carbocycles. The highest BCUT2D eigenvalue weighted by molar-refractivity contribution is 5.81. The third-order valence-electron chi connectivity index (χ3n) is 3.92. The molecule has 2 atom stereocenters. The summed E-state index contributed by atoms with van der Waals surface area (Å²) in [5.74, 6) is 0.0782. The summed E-state index contributed by atoms with van der Waals surface area (Å²) in [5, 5.41) is 9.07. The van der Waals surface area contributed by atoms with Gasteiger partial charge >= 0.3 is 0 Å². The summed E-state index contributed by atoms with van der Waals surface area (Å²) in [7, 11) is 0. The monoisotopic (exact) mass is 283 g/mol. The summed E-state index contributed by atoms with van der Waals surface area (Å²) in [6.07, 6.45) is 5.95. The van der Waals surface area contributed by atoms with E-state index in [1.165, 1.54) is 12.8 Å². The molecule has 1 rings (SSSR count). The van der Waals surface area contributed by atoms with Crippen LogP contribution in [-0.4, -0.2) is 36.5 Å². The van der Waals surface area contributed by atoms with E-state index in [4.69, 9.17) is 0 Å². The van der Waals surface area contributed by atoms with Crippen molar-refractivity contribution in [2.45, 2.75) is 77.4 Å². The number of amides is 2. The molecule has 0 aromatic rings. The van der Waals surface area contributed by atoms with Crippen LogP contribution in [0.1, 0.15) is 59.3 Å². The second kappa shape index (κ2) is 8.95. The second-order valence-corrected chi connectivity index (χ2v) is 5.79. The molecule has 0 radical (unpaired) electrons. The van der Waals surface area contributed by atoms with Gasteiger partial charge in [0.2, 0.25) is 11.8 Å². The Balaban J connectivity index is 2.13. The zero-order valence-electron chi connectivity index (χ0n) is 13.0. The van der Waals surface area contributed by atoms with Gasteiger partial charge in [0, 0.05) is 25.0 Å². The molecule has 3 N–H and O–H groups in total. The molecule has 1 aliphatic rings. The molecule has 0 heterocycles. The van der Waals surface area contributed by atoms with Crippen molar-refractivity contribution >= 4 is 11.8 Å². The standard InChI is InChI=1S/C15H29N3O2/c1-4-11(2)17-14(19)9-10-16-12(3)15(20)18-13-7-5-6-8-13/h11-13,16H,4-10H2,1-3H3,(H,17,19)(H,18,20). The minimum Gasteiger partial charge on any atom is -0.354 e. The average molecular weight is 283 g/mol. The van der Waals surface area contributed by atoms with Crippen molar-refractivity contribution in [1.29, 1.82) is 0 Å². The Kier molecular flexibility index (Phi) is 7.59. The average Bonchev–Trinajstić information content (AvgIpc) is 2.91. The first kappa shape index (κ1) is 17.0. The molecule has 5 heteroatoms. The third kappa shape index (κ3) is 6.37. The van der Waals surface area contributed by atoms with Crippen molar-refractivity contribution in [2.24, 2.45) is 0 Å². The van der Waals surface area contributed by atoms with Crippen molar-refractivity contribution in [1.82, 2.24) is 16.0 Å². The lowest BCUT2D eigenvalue weighted by Crippen LogP contribution is -2.46. The van der Waals surface area contributed by atoms with E-state index in [0.717, 1.165) is 19.3 Å². The van der Waals surface area contributed by atoms with Gasteiger partial charge in [-0.3, -0.25) is 9.59 Å². The van der Waals surface area contributed by atoms with E-state index in [9.17, 15) is 9.59 Å². The maximum Gasteiger partial charge on any atom is 0.237 e. The van der Waals surface area contributed by atoms with Gasteiger partial charge < -0.3 is 16.0 Å². The highest BCUT2D eigenvalue weighted by Crippen LogP contribution is 2.17. The lowest BCUT2D eigenvalue weighted by atomic mass is 10.2. The molecule has 0 bridgehead atoms. The summed E-state index contributed by atoms with van der Waals surface area (Å²) >= 11 is 0. The smallest absolute Gasteiger partial charge is 0.237 e. The molecule has 5 nitrogen and oxygen atoms in total. The fourth-order valence-corrected chi connectivity index (χ4v) is 2.34. The van der Waals surface area contributed by atoms with Crippen molar-refractivity contribution in [3.8, 4) is 0 Å². The Labute approximate surface area is 122 Å². The maximum atomic E-state index is 11.9. The predicted molar refractivity (Wildman–Crippen MR) is 80.4 cm³/mol. The molecule has 20 heavy (non-hydrogen) atoms. The quantitative estimate of drug-likeness (QED) is 0.629. The molecule has 0 aromatic carbocycles. The van der Waals surface area contributed by atoms with Crippen LogP contribution in [0.5, 0.6) is 0 Å². The highest BCUT2D eigenvalue weighted by Gasteiger charge is 2.20. The third-order valence-corrected chi connectivity index (χ3v) is 3.92. The number of carbonyl (C=O) groups is 2. The molecule has 0 spiro atoms. The van der Waals surface area contributed by atoms with Crippen LogP contribution in [-0.2, 0) is 9.59 Å². The fraction of sp³-hybridized carbons (Fsp3) is 0.867. The maximum absolute atomic E-state index is 11.9. The second-order valence-electron chi connectivity index (χ2n) is 5.79. The molecule has 0 aromatic heterocycles. The lowest BCUT2D eigenvalue weighted by Gasteiger charge is -2.18. The van der Waals surface area contributed by atoms with E-state index in [1.54, 1.807) is 0 Å². The van der Waals surface area contributed by atoms with Gasteiger partial charge in [0.1, 0.15) is 0 Å². The first-order chi connectivity index (χ1) is 9.52. The Morgan fingerprint density at radius 1 is 1.20 bits per heavy atom. The predicted octanol–water partition coefficient (Wildman–Crippen LogP) is 1.33. The van der Waals surface area contributed by atoms with Gasteiger partial charge in [0.05, 0.1) is 6.04 Å². The van der Waals surface area contributed by atoms with Gasteiger partial charge in [0.15, 0.2) is 0 Å². The van der Waals surface area contributed by atoms with Crippen molar-refractivity contribution in [3.63, 3.8) is 0 Å². The SMILES string of the molecule is CCC(C)NC(=O)CCNC(C)C(=O)NC1CCCC1. The summed E-state index contributed by atoms with van der Waals surface area (Å²) in [4.78, 5) is 23.5. The first-order valence-electron chi connectivity index (χ1n) is 7.86. The fourth-order valence-electron chi connectivity index (χ4n) is 2.34. The minimum absolute atomic E-state index is 0.0373. The largest absolute Gasteiger partial charge is 0.354 e. The Morgan fingerprint density at radius 3 is 2.45 bits per heavy atom. The Morgan fingerprint density at radius 2 is 1.85 bits per heavy atom. The van der Waals surface area contributed by atoms with E-state index < -0.39 is 0 Å². The van der Waals surface area contributed by atoms with Crippen LogP contribution < -0.4 is 16.0 Å². The molecule has 0 aliphatic heterocycles. The lowest BCUT2D eigenvalue weighted by molar-refractivity contribution is -0.124. The van der Waals surface area contributed by atoms with E-state index in [1.807, 2.05) is 20.8 Å². The molecular weight excluding hydrogens is 254 g/mol. The molecule has 0 saturated heterocycles. The molecule has 2 amide bonds. The normalized spacial score (nSPS) is 18.6. The number of nitrogens with one attached hydrogen (secondary N) is 3. The molecular formula is C15H29N3O2. The van der Waals surface area contributed by atoms with E-state index in [-0.39, 0.29) is 23.9 Å². The van der Waals surface area contributed by atoms with Crippen molar-refractivity contribution in [2.75, 3.05) is 6.54 Å². The number of rotatable bonds is 8. The molecule has 1 saturated carbocycles. The van der Waals surface area contributed by atoms with Gasteiger partial charge in [-0.05, 0) is 33.1 Å². The number of hydrogen-bond donors (Lipinski definition) is 3. The van der Waals surface area contributed by atoms with Crippen LogP contribution in [0.3, 0.4) is 0 Å². The Bertz CT molecular complexity index is 314. The molecule has 1 fully saturated rings. The molecule has 2 unspecified atom stereocenters. The van der Waals surface area contributed by atoms with Crippen LogP contribution >= 0.6 is 0 Å². The molecule has 116 valence electrons. The topological polar surface area (TPSA) is 70.2 Å². The highest BCUT2D eigenvalue weighted by atomic mass is 16.2. The summed E-state index contributed by atoms with van der Waals surface area (Å²) in [6, 6.07) is 0.318.